The Kier molecular flexibility index (Phi) is 9.27. The molecule has 0 radical (unpaired) electrons. The third-order valence-electron chi connectivity index (χ3n) is 2.80. The van der Waals surface area contributed by atoms with Gasteiger partial charge in [-0.2, -0.15) is 0 Å². The van der Waals surface area contributed by atoms with Gasteiger partial charge in [0.05, 0.1) is 0 Å². The quantitative estimate of drug-likeness (QED) is 0.504. The number of carbonyl (C=O) groups is 1. The monoisotopic (exact) mass is 283 g/mol. The van der Waals surface area contributed by atoms with Crippen molar-refractivity contribution in [2.24, 2.45) is 0 Å². The van der Waals surface area contributed by atoms with Crippen LogP contribution in [0.3, 0.4) is 0 Å². The first-order chi connectivity index (χ1) is 10.0. The van der Waals surface area contributed by atoms with Gasteiger partial charge in [0.1, 0.15) is 0 Å². The molecule has 0 atom stereocenters. The highest BCUT2D eigenvalue weighted by Gasteiger charge is 2.10. The van der Waals surface area contributed by atoms with Gasteiger partial charge in [0.25, 0.3) is 5.91 Å². The second-order valence-electron chi connectivity index (χ2n) is 4.29. The van der Waals surface area contributed by atoms with E-state index in [1.54, 1.807) is 24.3 Å². The molecule has 0 saturated heterocycles. The highest BCUT2D eigenvalue weighted by Crippen LogP contribution is 2.17. The Labute approximate surface area is 128 Å². The fourth-order valence-electron chi connectivity index (χ4n) is 1.80. The van der Waals surface area contributed by atoms with Crippen LogP contribution in [0.15, 0.2) is 84.7 Å². The Bertz CT molecular complexity index is 528. The largest absolute Gasteiger partial charge is 0.322 e. The molecule has 0 heterocycles. The first-order valence-corrected chi connectivity index (χ1v) is 6.99. The van der Waals surface area contributed by atoms with Crippen molar-refractivity contribution in [2.45, 2.75) is 27.2 Å². The van der Waals surface area contributed by atoms with E-state index in [0.717, 1.165) is 17.6 Å². The molecule has 0 bridgehead atoms. The number of allylic oxidation sites excluding steroid dienone is 7. The smallest absolute Gasteiger partial charge is 0.255 e. The number of amides is 1. The molecule has 0 fully saturated rings. The predicted octanol–water partition coefficient (Wildman–Crippen LogP) is 4.77. The summed E-state index contributed by atoms with van der Waals surface area (Å²) in [5, 5.41) is 2.83. The number of hydrogen-bond acceptors (Lipinski definition) is 1. The Balaban J connectivity index is 5.39. The average Bonchev–Trinajstić information content (AvgIpc) is 2.47. The lowest BCUT2D eigenvalue weighted by Gasteiger charge is -2.13. The van der Waals surface area contributed by atoms with Crippen LogP contribution in [0, 0.1) is 0 Å². The third kappa shape index (κ3) is 6.09. The van der Waals surface area contributed by atoms with Gasteiger partial charge in [-0.3, -0.25) is 4.79 Å². The molecule has 2 nitrogen and oxygen atoms in total. The van der Waals surface area contributed by atoms with E-state index in [1.165, 1.54) is 0 Å². The van der Waals surface area contributed by atoms with E-state index < -0.39 is 0 Å². The van der Waals surface area contributed by atoms with Gasteiger partial charge in [0, 0.05) is 16.8 Å². The van der Waals surface area contributed by atoms with Crippen molar-refractivity contribution in [2.75, 3.05) is 0 Å². The number of hydrogen-bond donors (Lipinski definition) is 1. The Morgan fingerprint density at radius 1 is 1.14 bits per heavy atom. The van der Waals surface area contributed by atoms with Crippen LogP contribution in [0.2, 0.25) is 0 Å². The number of rotatable bonds is 8. The van der Waals surface area contributed by atoms with Crippen molar-refractivity contribution < 1.29 is 4.79 Å². The second-order valence-corrected chi connectivity index (χ2v) is 4.29. The zero-order valence-electron chi connectivity index (χ0n) is 13.3. The minimum absolute atomic E-state index is 0.209. The molecular formula is C19H25NO. The lowest BCUT2D eigenvalue weighted by Crippen LogP contribution is -2.24. The maximum atomic E-state index is 12.2. The summed E-state index contributed by atoms with van der Waals surface area (Å²) >= 11 is 0. The molecule has 0 unspecified atom stereocenters. The van der Waals surface area contributed by atoms with Crippen molar-refractivity contribution >= 4 is 5.91 Å². The second kappa shape index (κ2) is 10.4. The van der Waals surface area contributed by atoms with Crippen molar-refractivity contribution in [3.05, 3.63) is 84.7 Å². The van der Waals surface area contributed by atoms with E-state index in [2.05, 4.69) is 25.1 Å². The van der Waals surface area contributed by atoms with E-state index >= 15 is 0 Å². The SMILES string of the molecule is C=C/C=C(\C=C/C)C(=O)NC(=C)C(/C=C/C)=C(\C=C)CC. The van der Waals surface area contributed by atoms with Crippen LogP contribution in [-0.2, 0) is 4.79 Å². The summed E-state index contributed by atoms with van der Waals surface area (Å²) in [5.74, 6) is -0.209. The topological polar surface area (TPSA) is 29.1 Å². The fraction of sp³-hybridized carbons (Fsp3) is 0.211. The van der Waals surface area contributed by atoms with Crippen molar-refractivity contribution in [3.63, 3.8) is 0 Å². The van der Waals surface area contributed by atoms with Gasteiger partial charge >= 0.3 is 0 Å². The Morgan fingerprint density at radius 2 is 1.76 bits per heavy atom. The highest BCUT2D eigenvalue weighted by molar-refractivity contribution is 5.97. The summed E-state index contributed by atoms with van der Waals surface area (Å²) in [6, 6.07) is 0. The standard InChI is InChI=1S/C19H25NO/c1-7-12-17(13-8-2)19(21)20-15(6)18(14-9-3)16(10-4)11-5/h7-10,12-14H,1,4,6,11H2,2-3,5H3,(H,20,21)/b13-8-,14-9+,17-12+,18-16+. The third-order valence-corrected chi connectivity index (χ3v) is 2.80. The van der Waals surface area contributed by atoms with Crippen LogP contribution in [0.5, 0.6) is 0 Å². The van der Waals surface area contributed by atoms with Crippen molar-refractivity contribution in [1.29, 1.82) is 0 Å². The summed E-state index contributed by atoms with van der Waals surface area (Å²) in [4.78, 5) is 12.2. The molecule has 0 saturated carbocycles. The maximum absolute atomic E-state index is 12.2. The summed E-state index contributed by atoms with van der Waals surface area (Å²) in [5.41, 5.74) is 3.03. The first-order valence-electron chi connectivity index (χ1n) is 6.99. The van der Waals surface area contributed by atoms with Gasteiger partial charge in [-0.25, -0.2) is 0 Å². The number of carbonyl (C=O) groups excluding carboxylic acids is 1. The Morgan fingerprint density at radius 3 is 2.19 bits per heavy atom. The summed E-state index contributed by atoms with van der Waals surface area (Å²) in [7, 11) is 0. The summed E-state index contributed by atoms with van der Waals surface area (Å²) < 4.78 is 0. The lowest BCUT2D eigenvalue weighted by molar-refractivity contribution is -0.116. The van der Waals surface area contributed by atoms with E-state index in [1.807, 2.05) is 39.0 Å². The normalized spacial score (nSPS) is 13.2. The van der Waals surface area contributed by atoms with Gasteiger partial charge in [-0.15, -0.1) is 0 Å². The van der Waals surface area contributed by atoms with Crippen LogP contribution in [0.4, 0.5) is 0 Å². The molecule has 1 N–H and O–H groups in total. The maximum Gasteiger partial charge on any atom is 0.255 e. The van der Waals surface area contributed by atoms with Gasteiger partial charge < -0.3 is 5.32 Å². The van der Waals surface area contributed by atoms with E-state index in [-0.39, 0.29) is 5.91 Å². The molecule has 21 heavy (non-hydrogen) atoms. The average molecular weight is 283 g/mol. The molecule has 0 aliphatic carbocycles. The van der Waals surface area contributed by atoms with Gasteiger partial charge in [0.15, 0.2) is 0 Å². The van der Waals surface area contributed by atoms with Crippen molar-refractivity contribution in [3.8, 4) is 0 Å². The van der Waals surface area contributed by atoms with Crippen LogP contribution >= 0.6 is 0 Å². The van der Waals surface area contributed by atoms with Gasteiger partial charge in [-0.05, 0) is 25.8 Å². The molecule has 0 aromatic heterocycles. The van der Waals surface area contributed by atoms with Gasteiger partial charge in [0.2, 0.25) is 0 Å². The number of nitrogens with one attached hydrogen (secondary N) is 1. The predicted molar refractivity (Wildman–Crippen MR) is 92.7 cm³/mol. The minimum atomic E-state index is -0.209. The minimum Gasteiger partial charge on any atom is -0.322 e. The molecular weight excluding hydrogens is 258 g/mol. The molecule has 1 amide bonds. The molecule has 0 aliphatic heterocycles. The molecule has 0 aromatic carbocycles. The van der Waals surface area contributed by atoms with Crippen molar-refractivity contribution in [1.82, 2.24) is 5.32 Å². The molecule has 0 aromatic rings. The zero-order chi connectivity index (χ0) is 16.3. The van der Waals surface area contributed by atoms with E-state index in [9.17, 15) is 4.79 Å². The van der Waals surface area contributed by atoms with E-state index in [0.29, 0.717) is 11.3 Å². The Hall–Kier alpha value is -2.35. The summed E-state index contributed by atoms with van der Waals surface area (Å²) in [6.45, 7) is 17.2. The zero-order valence-corrected chi connectivity index (χ0v) is 13.3. The summed E-state index contributed by atoms with van der Waals surface area (Å²) in [6.07, 6.45) is 13.2. The van der Waals surface area contributed by atoms with Gasteiger partial charge in [-0.1, -0.05) is 69.2 Å². The fourth-order valence-corrected chi connectivity index (χ4v) is 1.80. The highest BCUT2D eigenvalue weighted by atomic mass is 16.1. The van der Waals surface area contributed by atoms with Crippen LogP contribution < -0.4 is 5.32 Å². The molecule has 0 aliphatic rings. The van der Waals surface area contributed by atoms with Crippen LogP contribution in [0.1, 0.15) is 27.2 Å². The van der Waals surface area contributed by atoms with Crippen LogP contribution in [-0.4, -0.2) is 5.91 Å². The van der Waals surface area contributed by atoms with Crippen LogP contribution in [0.25, 0.3) is 0 Å². The first kappa shape index (κ1) is 18.6. The molecule has 2 heteroatoms. The lowest BCUT2D eigenvalue weighted by atomic mass is 10.0. The molecule has 112 valence electrons. The molecule has 0 spiro atoms. The molecule has 0 rings (SSSR count). The van der Waals surface area contributed by atoms with E-state index in [4.69, 9.17) is 0 Å².